The minimum Gasteiger partial charge on any atom is -0.339 e. The van der Waals surface area contributed by atoms with Gasteiger partial charge in [-0.05, 0) is 42.2 Å². The van der Waals surface area contributed by atoms with Gasteiger partial charge in [0.05, 0.1) is 6.42 Å². The standard InChI is InChI=1S/C20H19FN4O2/c21-16-9-5-13(6-10-16)12-22-20(26)23-17-4-2-1-3-15(17)11-18-24-19(25-27-18)14-7-8-14/h1-6,9-10,14H,7-8,11-12H2,(H2,22,23,26). The first-order valence-electron chi connectivity index (χ1n) is 8.87. The number of aromatic nitrogens is 2. The van der Waals surface area contributed by atoms with Crippen LogP contribution in [-0.4, -0.2) is 16.2 Å². The molecular weight excluding hydrogens is 347 g/mol. The molecule has 27 heavy (non-hydrogen) atoms. The Kier molecular flexibility index (Phi) is 4.82. The monoisotopic (exact) mass is 366 g/mol. The Morgan fingerprint density at radius 3 is 2.70 bits per heavy atom. The lowest BCUT2D eigenvalue weighted by molar-refractivity contribution is 0.251. The molecular formula is C20H19FN4O2. The van der Waals surface area contributed by atoms with Crippen molar-refractivity contribution < 1.29 is 13.7 Å². The molecule has 1 heterocycles. The van der Waals surface area contributed by atoms with Crippen LogP contribution in [0.15, 0.2) is 53.1 Å². The molecule has 0 spiro atoms. The molecule has 1 fully saturated rings. The van der Waals surface area contributed by atoms with Gasteiger partial charge in [0.15, 0.2) is 5.82 Å². The van der Waals surface area contributed by atoms with Gasteiger partial charge in [-0.1, -0.05) is 35.5 Å². The molecule has 1 aliphatic carbocycles. The van der Waals surface area contributed by atoms with Crippen LogP contribution < -0.4 is 10.6 Å². The van der Waals surface area contributed by atoms with Crippen molar-refractivity contribution in [3.63, 3.8) is 0 Å². The summed E-state index contributed by atoms with van der Waals surface area (Å²) >= 11 is 0. The number of halogens is 1. The van der Waals surface area contributed by atoms with E-state index in [9.17, 15) is 9.18 Å². The lowest BCUT2D eigenvalue weighted by Gasteiger charge is -2.11. The van der Waals surface area contributed by atoms with E-state index < -0.39 is 0 Å². The van der Waals surface area contributed by atoms with E-state index in [1.807, 2.05) is 24.3 Å². The number of nitrogens with one attached hydrogen (secondary N) is 2. The molecule has 1 saturated carbocycles. The lowest BCUT2D eigenvalue weighted by atomic mass is 10.1. The largest absolute Gasteiger partial charge is 0.339 e. The number of carbonyl (C=O) groups is 1. The number of para-hydroxylation sites is 1. The molecule has 4 rings (SSSR count). The molecule has 0 unspecified atom stereocenters. The van der Waals surface area contributed by atoms with E-state index in [-0.39, 0.29) is 11.8 Å². The average molecular weight is 366 g/mol. The molecule has 0 bridgehead atoms. The van der Waals surface area contributed by atoms with Crippen LogP contribution in [0.25, 0.3) is 0 Å². The van der Waals surface area contributed by atoms with E-state index in [0.717, 1.165) is 29.8 Å². The SMILES string of the molecule is O=C(NCc1ccc(F)cc1)Nc1ccccc1Cc1nc(C2CC2)no1. The van der Waals surface area contributed by atoms with Crippen molar-refractivity contribution in [2.45, 2.75) is 31.7 Å². The van der Waals surface area contributed by atoms with Crippen LogP contribution in [0.5, 0.6) is 0 Å². The summed E-state index contributed by atoms with van der Waals surface area (Å²) in [6, 6.07) is 13.2. The number of hydrogen-bond donors (Lipinski definition) is 2. The number of carbonyl (C=O) groups excluding carboxylic acids is 1. The van der Waals surface area contributed by atoms with Crippen LogP contribution in [0.1, 0.15) is 41.6 Å². The normalized spacial score (nSPS) is 13.4. The van der Waals surface area contributed by atoms with E-state index in [1.165, 1.54) is 12.1 Å². The van der Waals surface area contributed by atoms with Crippen molar-refractivity contribution in [2.75, 3.05) is 5.32 Å². The summed E-state index contributed by atoms with van der Waals surface area (Å²) < 4.78 is 18.3. The predicted octanol–water partition coefficient (Wildman–Crippen LogP) is 4.00. The fraction of sp³-hybridized carbons (Fsp3) is 0.250. The smallest absolute Gasteiger partial charge is 0.319 e. The molecule has 0 atom stereocenters. The van der Waals surface area contributed by atoms with Gasteiger partial charge in [0.2, 0.25) is 5.89 Å². The number of hydrogen-bond acceptors (Lipinski definition) is 4. The Morgan fingerprint density at radius 2 is 1.93 bits per heavy atom. The molecule has 0 saturated heterocycles. The highest BCUT2D eigenvalue weighted by Gasteiger charge is 2.28. The quantitative estimate of drug-likeness (QED) is 0.691. The van der Waals surface area contributed by atoms with Gasteiger partial charge < -0.3 is 15.2 Å². The maximum absolute atomic E-state index is 12.9. The van der Waals surface area contributed by atoms with Crippen molar-refractivity contribution >= 4 is 11.7 Å². The Balaban J connectivity index is 1.37. The minimum atomic E-state index is -0.337. The molecule has 138 valence electrons. The fourth-order valence-electron chi connectivity index (χ4n) is 2.76. The Morgan fingerprint density at radius 1 is 1.15 bits per heavy atom. The number of nitrogens with zero attached hydrogens (tertiary/aromatic N) is 2. The first-order chi connectivity index (χ1) is 13.2. The number of anilines is 1. The zero-order valence-electron chi connectivity index (χ0n) is 14.6. The highest BCUT2D eigenvalue weighted by molar-refractivity contribution is 5.90. The third-order valence-electron chi connectivity index (χ3n) is 4.40. The van der Waals surface area contributed by atoms with Crippen LogP contribution in [0.2, 0.25) is 0 Å². The van der Waals surface area contributed by atoms with Crippen LogP contribution in [0.4, 0.5) is 14.9 Å². The number of rotatable bonds is 6. The first-order valence-corrected chi connectivity index (χ1v) is 8.87. The first kappa shape index (κ1) is 17.2. The molecule has 0 radical (unpaired) electrons. The van der Waals surface area contributed by atoms with Gasteiger partial charge in [-0.2, -0.15) is 4.98 Å². The van der Waals surface area contributed by atoms with E-state index >= 15 is 0 Å². The summed E-state index contributed by atoms with van der Waals surface area (Å²) in [6.07, 6.45) is 2.69. The summed E-state index contributed by atoms with van der Waals surface area (Å²) in [4.78, 5) is 16.6. The van der Waals surface area contributed by atoms with Gasteiger partial charge >= 0.3 is 6.03 Å². The number of urea groups is 1. The summed E-state index contributed by atoms with van der Waals surface area (Å²) in [6.45, 7) is 0.308. The highest BCUT2D eigenvalue weighted by atomic mass is 19.1. The molecule has 2 aromatic carbocycles. The summed E-state index contributed by atoms with van der Waals surface area (Å²) in [5.74, 6) is 1.45. The lowest BCUT2D eigenvalue weighted by Crippen LogP contribution is -2.28. The second-order valence-electron chi connectivity index (χ2n) is 6.59. The minimum absolute atomic E-state index is 0.303. The van der Waals surface area contributed by atoms with Gasteiger partial charge in [-0.25, -0.2) is 9.18 Å². The maximum Gasteiger partial charge on any atom is 0.319 e. The molecule has 2 N–H and O–H groups in total. The van der Waals surface area contributed by atoms with Crippen molar-refractivity contribution in [2.24, 2.45) is 0 Å². The molecule has 7 heteroatoms. The number of benzene rings is 2. The van der Waals surface area contributed by atoms with Crippen molar-refractivity contribution in [1.82, 2.24) is 15.5 Å². The molecule has 3 aromatic rings. The summed E-state index contributed by atoms with van der Waals surface area (Å²) in [5.41, 5.74) is 2.39. The Hall–Kier alpha value is -3.22. The third-order valence-corrected chi connectivity index (χ3v) is 4.40. The summed E-state index contributed by atoms with van der Waals surface area (Å²) in [5, 5.41) is 9.62. The topological polar surface area (TPSA) is 80.0 Å². The van der Waals surface area contributed by atoms with Crippen LogP contribution in [0, 0.1) is 5.82 Å². The van der Waals surface area contributed by atoms with Gasteiger partial charge in [0, 0.05) is 18.2 Å². The van der Waals surface area contributed by atoms with E-state index in [0.29, 0.717) is 30.5 Å². The van der Waals surface area contributed by atoms with Crippen molar-refractivity contribution in [3.8, 4) is 0 Å². The van der Waals surface area contributed by atoms with E-state index in [1.54, 1.807) is 12.1 Å². The molecule has 0 aliphatic heterocycles. The van der Waals surface area contributed by atoms with Crippen LogP contribution in [0.3, 0.4) is 0 Å². The maximum atomic E-state index is 12.9. The second-order valence-corrected chi connectivity index (χ2v) is 6.59. The molecule has 1 aliphatic rings. The van der Waals surface area contributed by atoms with Gasteiger partial charge in [-0.3, -0.25) is 0 Å². The van der Waals surface area contributed by atoms with Gasteiger partial charge in [-0.15, -0.1) is 0 Å². The molecule has 6 nitrogen and oxygen atoms in total. The zero-order chi connectivity index (χ0) is 18.6. The molecule has 2 amide bonds. The van der Waals surface area contributed by atoms with Gasteiger partial charge in [0.25, 0.3) is 0 Å². The van der Waals surface area contributed by atoms with Crippen molar-refractivity contribution in [1.29, 1.82) is 0 Å². The summed E-state index contributed by atoms with van der Waals surface area (Å²) in [7, 11) is 0. The second kappa shape index (κ2) is 7.57. The highest BCUT2D eigenvalue weighted by Crippen LogP contribution is 2.38. The van der Waals surface area contributed by atoms with Crippen LogP contribution in [-0.2, 0) is 13.0 Å². The predicted molar refractivity (Wildman–Crippen MR) is 97.8 cm³/mol. The average Bonchev–Trinajstić information content (AvgIpc) is 3.42. The Labute approximate surface area is 155 Å². The Bertz CT molecular complexity index is 935. The third kappa shape index (κ3) is 4.49. The van der Waals surface area contributed by atoms with Gasteiger partial charge in [0.1, 0.15) is 5.82 Å². The molecule has 1 aromatic heterocycles. The van der Waals surface area contributed by atoms with E-state index in [2.05, 4.69) is 20.8 Å². The van der Waals surface area contributed by atoms with Crippen LogP contribution >= 0.6 is 0 Å². The van der Waals surface area contributed by atoms with E-state index in [4.69, 9.17) is 4.52 Å². The van der Waals surface area contributed by atoms with Crippen molar-refractivity contribution in [3.05, 3.63) is 77.2 Å². The zero-order valence-corrected chi connectivity index (χ0v) is 14.6. The fourth-order valence-corrected chi connectivity index (χ4v) is 2.76. The number of amides is 2.